The summed E-state index contributed by atoms with van der Waals surface area (Å²) in [7, 11) is 0. The Balaban J connectivity index is 2.09. The van der Waals surface area contributed by atoms with Crippen LogP contribution in [0.1, 0.15) is 53.4 Å². The van der Waals surface area contributed by atoms with Gasteiger partial charge in [0, 0.05) is 12.6 Å². The SMILES string of the molecule is CC1CCC(NCCC(=O)OC(C)(C)C)C1. The summed E-state index contributed by atoms with van der Waals surface area (Å²) in [4.78, 5) is 11.4. The topological polar surface area (TPSA) is 38.3 Å². The Morgan fingerprint density at radius 1 is 1.38 bits per heavy atom. The number of carbonyl (C=O) groups excluding carboxylic acids is 1. The molecule has 1 rings (SSSR count). The molecule has 0 radical (unpaired) electrons. The summed E-state index contributed by atoms with van der Waals surface area (Å²) in [6.07, 6.45) is 4.27. The van der Waals surface area contributed by atoms with Crippen LogP contribution >= 0.6 is 0 Å². The summed E-state index contributed by atoms with van der Waals surface area (Å²) in [6.45, 7) is 8.73. The summed E-state index contributed by atoms with van der Waals surface area (Å²) in [5.41, 5.74) is -0.362. The maximum atomic E-state index is 11.4. The fourth-order valence-corrected chi connectivity index (χ4v) is 2.16. The molecule has 1 aliphatic carbocycles. The quantitative estimate of drug-likeness (QED) is 0.750. The minimum Gasteiger partial charge on any atom is -0.460 e. The number of esters is 1. The fourth-order valence-electron chi connectivity index (χ4n) is 2.16. The molecule has 0 spiro atoms. The van der Waals surface area contributed by atoms with E-state index in [-0.39, 0.29) is 11.6 Å². The van der Waals surface area contributed by atoms with Crippen LogP contribution in [0.2, 0.25) is 0 Å². The van der Waals surface area contributed by atoms with Crippen molar-refractivity contribution in [1.29, 1.82) is 0 Å². The Kier molecular flexibility index (Phi) is 4.78. The van der Waals surface area contributed by atoms with E-state index in [4.69, 9.17) is 4.74 Å². The number of rotatable bonds is 4. The van der Waals surface area contributed by atoms with Gasteiger partial charge in [0.1, 0.15) is 5.60 Å². The normalized spacial score (nSPS) is 25.8. The molecule has 0 aromatic carbocycles. The molecule has 0 saturated heterocycles. The third kappa shape index (κ3) is 5.50. The van der Waals surface area contributed by atoms with Gasteiger partial charge in [-0.15, -0.1) is 0 Å². The number of carbonyl (C=O) groups is 1. The zero-order chi connectivity index (χ0) is 12.2. The Morgan fingerprint density at radius 3 is 2.56 bits per heavy atom. The Bertz CT molecular complexity index is 233. The monoisotopic (exact) mass is 227 g/mol. The molecule has 0 aliphatic heterocycles. The van der Waals surface area contributed by atoms with E-state index in [9.17, 15) is 4.79 Å². The molecule has 3 heteroatoms. The predicted octanol–water partition coefficient (Wildman–Crippen LogP) is 2.50. The van der Waals surface area contributed by atoms with E-state index in [1.54, 1.807) is 0 Å². The molecule has 0 aromatic heterocycles. The minimum atomic E-state index is -0.362. The highest BCUT2D eigenvalue weighted by Crippen LogP contribution is 2.24. The van der Waals surface area contributed by atoms with Crippen molar-refractivity contribution in [3.63, 3.8) is 0 Å². The molecule has 1 saturated carbocycles. The smallest absolute Gasteiger partial charge is 0.307 e. The largest absolute Gasteiger partial charge is 0.460 e. The molecule has 1 aliphatic rings. The highest BCUT2D eigenvalue weighted by molar-refractivity contribution is 5.70. The second-order valence-corrected chi connectivity index (χ2v) is 5.91. The van der Waals surface area contributed by atoms with Crippen LogP contribution in [0.15, 0.2) is 0 Å². The third-order valence-electron chi connectivity index (χ3n) is 2.88. The predicted molar refractivity (Wildman–Crippen MR) is 65.3 cm³/mol. The molecule has 2 atom stereocenters. The van der Waals surface area contributed by atoms with Gasteiger partial charge >= 0.3 is 5.97 Å². The molecule has 94 valence electrons. The first kappa shape index (κ1) is 13.5. The van der Waals surface area contributed by atoms with Gasteiger partial charge < -0.3 is 10.1 Å². The maximum absolute atomic E-state index is 11.4. The van der Waals surface area contributed by atoms with E-state index in [1.807, 2.05) is 20.8 Å². The van der Waals surface area contributed by atoms with Crippen molar-refractivity contribution < 1.29 is 9.53 Å². The lowest BCUT2D eigenvalue weighted by Gasteiger charge is -2.20. The first-order valence-electron chi connectivity index (χ1n) is 6.32. The lowest BCUT2D eigenvalue weighted by molar-refractivity contribution is -0.154. The highest BCUT2D eigenvalue weighted by atomic mass is 16.6. The van der Waals surface area contributed by atoms with Gasteiger partial charge in [-0.3, -0.25) is 4.79 Å². The molecule has 0 amide bonds. The second kappa shape index (κ2) is 5.67. The van der Waals surface area contributed by atoms with E-state index in [0.29, 0.717) is 12.5 Å². The Labute approximate surface area is 98.9 Å². The Morgan fingerprint density at radius 2 is 2.06 bits per heavy atom. The highest BCUT2D eigenvalue weighted by Gasteiger charge is 2.21. The van der Waals surface area contributed by atoms with Crippen molar-refractivity contribution in [2.24, 2.45) is 5.92 Å². The fraction of sp³-hybridized carbons (Fsp3) is 0.923. The third-order valence-corrected chi connectivity index (χ3v) is 2.88. The maximum Gasteiger partial charge on any atom is 0.307 e. The van der Waals surface area contributed by atoms with Crippen molar-refractivity contribution >= 4 is 5.97 Å². The van der Waals surface area contributed by atoms with Gasteiger partial charge in [-0.05, 0) is 46.0 Å². The molecular weight excluding hydrogens is 202 g/mol. The zero-order valence-corrected chi connectivity index (χ0v) is 11.0. The minimum absolute atomic E-state index is 0.106. The van der Waals surface area contributed by atoms with E-state index in [0.717, 1.165) is 12.5 Å². The van der Waals surface area contributed by atoms with Gasteiger partial charge in [-0.1, -0.05) is 6.92 Å². The Hall–Kier alpha value is -0.570. The average molecular weight is 227 g/mol. The zero-order valence-electron chi connectivity index (χ0n) is 11.0. The first-order valence-corrected chi connectivity index (χ1v) is 6.32. The van der Waals surface area contributed by atoms with Crippen molar-refractivity contribution in [2.45, 2.75) is 65.0 Å². The number of nitrogens with one attached hydrogen (secondary N) is 1. The summed E-state index contributed by atoms with van der Waals surface area (Å²) in [5, 5.41) is 3.43. The first-order chi connectivity index (χ1) is 7.37. The van der Waals surface area contributed by atoms with Gasteiger partial charge in [-0.25, -0.2) is 0 Å². The van der Waals surface area contributed by atoms with Crippen LogP contribution in [0.5, 0.6) is 0 Å². The van der Waals surface area contributed by atoms with Crippen LogP contribution in [-0.4, -0.2) is 24.2 Å². The van der Waals surface area contributed by atoms with Crippen LogP contribution in [0, 0.1) is 5.92 Å². The van der Waals surface area contributed by atoms with Gasteiger partial charge in [0.05, 0.1) is 6.42 Å². The lowest BCUT2D eigenvalue weighted by atomic mass is 10.1. The molecule has 2 unspecified atom stereocenters. The molecule has 16 heavy (non-hydrogen) atoms. The van der Waals surface area contributed by atoms with Crippen LogP contribution in [0.25, 0.3) is 0 Å². The van der Waals surface area contributed by atoms with Gasteiger partial charge in [0.15, 0.2) is 0 Å². The van der Waals surface area contributed by atoms with Gasteiger partial charge in [0.2, 0.25) is 0 Å². The van der Waals surface area contributed by atoms with Crippen LogP contribution in [0.4, 0.5) is 0 Å². The van der Waals surface area contributed by atoms with Crippen molar-refractivity contribution in [3.8, 4) is 0 Å². The summed E-state index contributed by atoms with van der Waals surface area (Å²) in [6, 6.07) is 0.609. The van der Waals surface area contributed by atoms with E-state index in [2.05, 4.69) is 12.2 Å². The molecule has 0 heterocycles. The van der Waals surface area contributed by atoms with E-state index < -0.39 is 0 Å². The molecule has 3 nitrogen and oxygen atoms in total. The molecular formula is C13H25NO2. The van der Waals surface area contributed by atoms with Gasteiger partial charge in [0.25, 0.3) is 0 Å². The van der Waals surface area contributed by atoms with Crippen molar-refractivity contribution in [3.05, 3.63) is 0 Å². The summed E-state index contributed by atoms with van der Waals surface area (Å²) < 4.78 is 5.24. The van der Waals surface area contributed by atoms with E-state index in [1.165, 1.54) is 19.3 Å². The molecule has 1 fully saturated rings. The van der Waals surface area contributed by atoms with Crippen LogP contribution in [0.3, 0.4) is 0 Å². The molecule has 0 bridgehead atoms. The van der Waals surface area contributed by atoms with E-state index >= 15 is 0 Å². The second-order valence-electron chi connectivity index (χ2n) is 5.91. The summed E-state index contributed by atoms with van der Waals surface area (Å²) in [5.74, 6) is 0.727. The molecule has 0 aromatic rings. The van der Waals surface area contributed by atoms with Gasteiger partial charge in [-0.2, -0.15) is 0 Å². The van der Waals surface area contributed by atoms with Crippen LogP contribution in [-0.2, 0) is 9.53 Å². The standard InChI is InChI=1S/C13H25NO2/c1-10-5-6-11(9-10)14-8-7-12(15)16-13(2,3)4/h10-11,14H,5-9H2,1-4H3. The number of ether oxygens (including phenoxy) is 1. The average Bonchev–Trinajstić information content (AvgIpc) is 2.48. The molecule has 1 N–H and O–H groups in total. The van der Waals surface area contributed by atoms with Crippen LogP contribution < -0.4 is 5.32 Å². The van der Waals surface area contributed by atoms with Crippen molar-refractivity contribution in [1.82, 2.24) is 5.32 Å². The lowest BCUT2D eigenvalue weighted by Crippen LogP contribution is -2.31. The number of hydrogen-bond acceptors (Lipinski definition) is 3. The number of hydrogen-bond donors (Lipinski definition) is 1. The van der Waals surface area contributed by atoms with Crippen molar-refractivity contribution in [2.75, 3.05) is 6.54 Å². The summed E-state index contributed by atoms with van der Waals surface area (Å²) >= 11 is 0.